The minimum Gasteiger partial charge on any atom is -0.325 e. The summed E-state index contributed by atoms with van der Waals surface area (Å²) in [7, 11) is -3.71. The quantitative estimate of drug-likeness (QED) is 0.875. The highest BCUT2D eigenvalue weighted by Gasteiger charge is 2.25. The Kier molecular flexibility index (Phi) is 5.20. The van der Waals surface area contributed by atoms with Crippen LogP contribution in [0.1, 0.15) is 26.7 Å². The summed E-state index contributed by atoms with van der Waals surface area (Å²) in [4.78, 5) is 14.5. The van der Waals surface area contributed by atoms with Crippen LogP contribution in [0, 0.1) is 5.92 Å². The molecule has 1 amide bonds. The number of likely N-dealkylation sites (tertiary alicyclic amines) is 1. The van der Waals surface area contributed by atoms with Crippen molar-refractivity contribution in [2.45, 2.75) is 37.6 Å². The molecule has 0 aromatic heterocycles. The minimum atomic E-state index is -3.71. The normalized spacial score (nSPS) is 18.9. The van der Waals surface area contributed by atoms with Crippen LogP contribution in [0.4, 0.5) is 5.69 Å². The number of nitrogens with two attached hydrogens (primary N) is 1. The molecule has 1 atom stereocenters. The molecule has 7 heteroatoms. The average Bonchev–Trinajstić information content (AvgIpc) is 2.47. The van der Waals surface area contributed by atoms with E-state index in [2.05, 4.69) is 17.1 Å². The Bertz CT molecular complexity index is 620. The second-order valence-electron chi connectivity index (χ2n) is 5.95. The Hall–Kier alpha value is -1.44. The maximum atomic E-state index is 12.3. The lowest BCUT2D eigenvalue weighted by Crippen LogP contribution is -2.45. The summed E-state index contributed by atoms with van der Waals surface area (Å²) in [5.74, 6) is 0.634. The molecule has 0 spiro atoms. The van der Waals surface area contributed by atoms with Gasteiger partial charge in [0.05, 0.1) is 10.9 Å². The van der Waals surface area contributed by atoms with Crippen LogP contribution in [0.5, 0.6) is 0 Å². The third-order valence-electron chi connectivity index (χ3n) is 4.20. The van der Waals surface area contributed by atoms with Crippen LogP contribution in [0.15, 0.2) is 29.2 Å². The second-order valence-corrected chi connectivity index (χ2v) is 7.51. The van der Waals surface area contributed by atoms with Gasteiger partial charge in [0.2, 0.25) is 15.9 Å². The molecule has 6 nitrogen and oxygen atoms in total. The molecule has 1 aromatic carbocycles. The number of nitrogens with one attached hydrogen (secondary N) is 1. The summed E-state index contributed by atoms with van der Waals surface area (Å²) in [5, 5.41) is 7.86. The van der Waals surface area contributed by atoms with Crippen molar-refractivity contribution in [1.82, 2.24) is 4.90 Å². The van der Waals surface area contributed by atoms with Gasteiger partial charge >= 0.3 is 0 Å². The molecule has 0 unspecified atom stereocenters. The summed E-state index contributed by atoms with van der Waals surface area (Å²) >= 11 is 0. The highest BCUT2D eigenvalue weighted by atomic mass is 32.2. The van der Waals surface area contributed by atoms with E-state index in [9.17, 15) is 13.2 Å². The Labute approximate surface area is 131 Å². The van der Waals surface area contributed by atoms with Gasteiger partial charge in [-0.25, -0.2) is 13.6 Å². The van der Waals surface area contributed by atoms with E-state index >= 15 is 0 Å². The molecule has 1 saturated heterocycles. The fraction of sp³-hybridized carbons (Fsp3) is 0.533. The number of nitrogens with zero attached hydrogens (tertiary/aromatic N) is 1. The van der Waals surface area contributed by atoms with Crippen molar-refractivity contribution in [2.75, 3.05) is 18.4 Å². The van der Waals surface area contributed by atoms with Crippen LogP contribution >= 0.6 is 0 Å². The first-order chi connectivity index (χ1) is 10.3. The molecule has 1 fully saturated rings. The van der Waals surface area contributed by atoms with E-state index in [1.54, 1.807) is 12.1 Å². The summed E-state index contributed by atoms with van der Waals surface area (Å²) in [6, 6.07) is 5.66. The molecule has 1 aliphatic heterocycles. The first-order valence-corrected chi connectivity index (χ1v) is 9.00. The zero-order valence-corrected chi connectivity index (χ0v) is 13.8. The van der Waals surface area contributed by atoms with E-state index in [4.69, 9.17) is 5.14 Å². The first kappa shape index (κ1) is 16.9. The van der Waals surface area contributed by atoms with Crippen molar-refractivity contribution < 1.29 is 13.2 Å². The molecule has 0 aliphatic carbocycles. The van der Waals surface area contributed by atoms with E-state index < -0.39 is 10.0 Å². The van der Waals surface area contributed by atoms with Crippen molar-refractivity contribution in [2.24, 2.45) is 11.1 Å². The standard InChI is InChI=1S/C15H23N3O3S/c1-11-7-9-18(10-8-11)12(2)15(19)17-13-3-5-14(6-4-13)22(16,20)21/h3-6,11-12H,7-10H2,1-2H3,(H,17,19)(H2,16,20,21)/t12-/m0/s1. The van der Waals surface area contributed by atoms with Crippen molar-refractivity contribution in [1.29, 1.82) is 0 Å². The number of benzene rings is 1. The molecular formula is C15H23N3O3S. The lowest BCUT2D eigenvalue weighted by Gasteiger charge is -2.34. The van der Waals surface area contributed by atoms with Crippen LogP contribution in [-0.4, -0.2) is 38.4 Å². The molecule has 22 heavy (non-hydrogen) atoms. The predicted molar refractivity (Wildman–Crippen MR) is 85.9 cm³/mol. The smallest absolute Gasteiger partial charge is 0.241 e. The highest BCUT2D eigenvalue weighted by Crippen LogP contribution is 2.19. The minimum absolute atomic E-state index is 0.0311. The maximum absolute atomic E-state index is 12.3. The van der Waals surface area contributed by atoms with Gasteiger partial charge in [-0.3, -0.25) is 9.69 Å². The molecule has 1 aromatic rings. The summed E-state index contributed by atoms with van der Waals surface area (Å²) in [5.41, 5.74) is 0.564. The van der Waals surface area contributed by atoms with Crippen LogP contribution in [0.2, 0.25) is 0 Å². The van der Waals surface area contributed by atoms with Crippen LogP contribution < -0.4 is 10.5 Å². The molecule has 3 N–H and O–H groups in total. The fourth-order valence-electron chi connectivity index (χ4n) is 2.56. The van der Waals surface area contributed by atoms with E-state index in [0.717, 1.165) is 31.8 Å². The number of piperidine rings is 1. The molecule has 0 bridgehead atoms. The van der Waals surface area contributed by atoms with E-state index in [1.165, 1.54) is 12.1 Å². The number of carbonyl (C=O) groups is 1. The number of hydrogen-bond donors (Lipinski definition) is 2. The molecule has 2 rings (SSSR count). The SMILES string of the molecule is CC1CCN([C@@H](C)C(=O)Nc2ccc(S(N)(=O)=O)cc2)CC1. The third kappa shape index (κ3) is 4.28. The zero-order valence-electron chi connectivity index (χ0n) is 13.0. The third-order valence-corrected chi connectivity index (χ3v) is 5.13. The Morgan fingerprint density at radius 3 is 2.32 bits per heavy atom. The van der Waals surface area contributed by atoms with Gasteiger partial charge in [-0.05, 0) is 63.0 Å². The first-order valence-electron chi connectivity index (χ1n) is 7.45. The van der Waals surface area contributed by atoms with Gasteiger partial charge in [0.1, 0.15) is 0 Å². The van der Waals surface area contributed by atoms with Gasteiger partial charge in [-0.1, -0.05) is 6.92 Å². The van der Waals surface area contributed by atoms with Crippen molar-refractivity contribution in [3.8, 4) is 0 Å². The van der Waals surface area contributed by atoms with Crippen molar-refractivity contribution in [3.05, 3.63) is 24.3 Å². The molecular weight excluding hydrogens is 302 g/mol. The largest absolute Gasteiger partial charge is 0.325 e. The number of primary sulfonamides is 1. The molecule has 1 aliphatic rings. The zero-order chi connectivity index (χ0) is 16.3. The van der Waals surface area contributed by atoms with E-state index in [0.29, 0.717) is 5.69 Å². The maximum Gasteiger partial charge on any atom is 0.241 e. The number of rotatable bonds is 4. The van der Waals surface area contributed by atoms with Gasteiger partial charge in [-0.15, -0.1) is 0 Å². The Balaban J connectivity index is 1.96. The molecule has 0 radical (unpaired) electrons. The van der Waals surface area contributed by atoms with Crippen LogP contribution in [0.25, 0.3) is 0 Å². The van der Waals surface area contributed by atoms with Crippen molar-refractivity contribution in [3.63, 3.8) is 0 Å². The lowest BCUT2D eigenvalue weighted by atomic mass is 9.98. The monoisotopic (exact) mass is 325 g/mol. The number of hydrogen-bond acceptors (Lipinski definition) is 4. The number of amides is 1. The molecule has 122 valence electrons. The predicted octanol–water partition coefficient (Wildman–Crippen LogP) is 1.39. The molecule has 1 heterocycles. The van der Waals surface area contributed by atoms with Gasteiger partial charge in [0.25, 0.3) is 0 Å². The summed E-state index contributed by atoms with van der Waals surface area (Å²) < 4.78 is 22.4. The van der Waals surface area contributed by atoms with E-state index in [1.807, 2.05) is 6.92 Å². The highest BCUT2D eigenvalue weighted by molar-refractivity contribution is 7.89. The fourth-order valence-corrected chi connectivity index (χ4v) is 3.07. The number of anilines is 1. The Morgan fingerprint density at radius 1 is 1.27 bits per heavy atom. The number of carbonyl (C=O) groups excluding carboxylic acids is 1. The van der Waals surface area contributed by atoms with Gasteiger partial charge in [0, 0.05) is 5.69 Å². The average molecular weight is 325 g/mol. The second kappa shape index (κ2) is 6.76. The summed E-state index contributed by atoms with van der Waals surface area (Å²) in [6.07, 6.45) is 2.22. The van der Waals surface area contributed by atoms with Crippen molar-refractivity contribution >= 4 is 21.6 Å². The van der Waals surface area contributed by atoms with Gasteiger partial charge < -0.3 is 5.32 Å². The summed E-state index contributed by atoms with van der Waals surface area (Å²) in [6.45, 7) is 5.99. The van der Waals surface area contributed by atoms with E-state index in [-0.39, 0.29) is 16.8 Å². The Morgan fingerprint density at radius 2 is 1.82 bits per heavy atom. The van der Waals surface area contributed by atoms with Crippen LogP contribution in [-0.2, 0) is 14.8 Å². The number of sulfonamides is 1. The van der Waals surface area contributed by atoms with Crippen LogP contribution in [0.3, 0.4) is 0 Å². The van der Waals surface area contributed by atoms with Gasteiger partial charge in [-0.2, -0.15) is 0 Å². The van der Waals surface area contributed by atoms with Gasteiger partial charge in [0.15, 0.2) is 0 Å². The topological polar surface area (TPSA) is 92.5 Å². The lowest BCUT2D eigenvalue weighted by molar-refractivity contribution is -0.121. The molecule has 0 saturated carbocycles.